The number of rotatable bonds is 4. The summed E-state index contributed by atoms with van der Waals surface area (Å²) in [6, 6.07) is -0.0590. The summed E-state index contributed by atoms with van der Waals surface area (Å²) in [6.45, 7) is 5.88. The number of hydrogen-bond donors (Lipinski definition) is 3. The zero-order valence-electron chi connectivity index (χ0n) is 9.33. The quantitative estimate of drug-likeness (QED) is 0.647. The lowest BCUT2D eigenvalue weighted by atomic mass is 10.2. The Balaban J connectivity index is 2.18. The van der Waals surface area contributed by atoms with Crippen LogP contribution in [0.1, 0.15) is 27.2 Å². The van der Waals surface area contributed by atoms with Gasteiger partial charge >= 0.3 is 12.0 Å². The van der Waals surface area contributed by atoms with Crippen molar-refractivity contribution >= 4 is 12.0 Å². The summed E-state index contributed by atoms with van der Waals surface area (Å²) in [5, 5.41) is 13.9. The van der Waals surface area contributed by atoms with Crippen LogP contribution < -0.4 is 10.6 Å². The van der Waals surface area contributed by atoms with Gasteiger partial charge in [0.15, 0.2) is 0 Å². The zero-order valence-corrected chi connectivity index (χ0v) is 9.33. The SMILES string of the molecule is CC(CNC(=O)NC1CC1(C)C)C(=O)O. The number of aliphatic carboxylic acids is 1. The number of carbonyl (C=O) groups is 2. The van der Waals surface area contributed by atoms with Gasteiger partial charge in [0.25, 0.3) is 0 Å². The normalized spacial score (nSPS) is 24.1. The molecule has 3 N–H and O–H groups in total. The number of urea groups is 1. The molecule has 0 aromatic rings. The van der Waals surface area contributed by atoms with Crippen molar-refractivity contribution in [3.8, 4) is 0 Å². The van der Waals surface area contributed by atoms with E-state index < -0.39 is 11.9 Å². The van der Waals surface area contributed by atoms with Crippen molar-refractivity contribution in [1.82, 2.24) is 10.6 Å². The Kier molecular flexibility index (Phi) is 3.21. The fourth-order valence-electron chi connectivity index (χ4n) is 1.26. The Labute approximate surface area is 89.2 Å². The Morgan fingerprint density at radius 2 is 2.07 bits per heavy atom. The molecule has 0 aromatic carbocycles. The third kappa shape index (κ3) is 3.42. The van der Waals surface area contributed by atoms with E-state index in [9.17, 15) is 9.59 Å². The van der Waals surface area contributed by atoms with Crippen molar-refractivity contribution in [2.75, 3.05) is 6.54 Å². The van der Waals surface area contributed by atoms with E-state index in [2.05, 4.69) is 24.5 Å². The van der Waals surface area contributed by atoms with Crippen LogP contribution in [0.25, 0.3) is 0 Å². The largest absolute Gasteiger partial charge is 0.481 e. The molecular formula is C10H18N2O3. The minimum atomic E-state index is -0.901. The third-order valence-electron chi connectivity index (χ3n) is 2.81. The van der Waals surface area contributed by atoms with E-state index in [0.29, 0.717) is 0 Å². The number of nitrogens with one attached hydrogen (secondary N) is 2. The molecule has 0 aromatic heterocycles. The highest BCUT2D eigenvalue weighted by Gasteiger charge is 2.46. The fraction of sp³-hybridized carbons (Fsp3) is 0.800. The molecule has 86 valence electrons. The van der Waals surface area contributed by atoms with E-state index in [4.69, 9.17) is 5.11 Å². The van der Waals surface area contributed by atoms with Crippen LogP contribution in [-0.4, -0.2) is 29.7 Å². The predicted molar refractivity (Wildman–Crippen MR) is 55.5 cm³/mol. The molecule has 15 heavy (non-hydrogen) atoms. The number of carbonyl (C=O) groups excluding carboxylic acids is 1. The number of amides is 2. The first kappa shape index (κ1) is 11.8. The van der Waals surface area contributed by atoms with E-state index >= 15 is 0 Å². The summed E-state index contributed by atoms with van der Waals surface area (Å²) in [6.07, 6.45) is 0.981. The van der Waals surface area contributed by atoms with Crippen LogP contribution in [0, 0.1) is 11.3 Å². The van der Waals surface area contributed by atoms with E-state index in [-0.39, 0.29) is 24.0 Å². The van der Waals surface area contributed by atoms with Crippen molar-refractivity contribution in [3.05, 3.63) is 0 Å². The molecule has 0 heterocycles. The molecular weight excluding hydrogens is 196 g/mol. The van der Waals surface area contributed by atoms with Crippen molar-refractivity contribution in [2.24, 2.45) is 11.3 Å². The van der Waals surface area contributed by atoms with Gasteiger partial charge < -0.3 is 15.7 Å². The maximum Gasteiger partial charge on any atom is 0.315 e. The topological polar surface area (TPSA) is 78.4 Å². The van der Waals surface area contributed by atoms with Crippen LogP contribution in [0.5, 0.6) is 0 Å². The van der Waals surface area contributed by atoms with E-state index in [1.807, 2.05) is 0 Å². The zero-order chi connectivity index (χ0) is 11.6. The van der Waals surface area contributed by atoms with E-state index in [1.165, 1.54) is 0 Å². The van der Waals surface area contributed by atoms with Gasteiger partial charge in [-0.15, -0.1) is 0 Å². The van der Waals surface area contributed by atoms with Gasteiger partial charge in [-0.25, -0.2) is 4.79 Å². The lowest BCUT2D eigenvalue weighted by Gasteiger charge is -2.10. The average molecular weight is 214 g/mol. The molecule has 1 saturated carbocycles. The summed E-state index contributed by atoms with van der Waals surface area (Å²) in [7, 11) is 0. The number of hydrogen-bond acceptors (Lipinski definition) is 2. The van der Waals surface area contributed by atoms with Gasteiger partial charge in [-0.2, -0.15) is 0 Å². The minimum absolute atomic E-state index is 0.161. The second-order valence-electron chi connectivity index (χ2n) is 4.84. The Hall–Kier alpha value is -1.26. The van der Waals surface area contributed by atoms with Crippen molar-refractivity contribution in [2.45, 2.75) is 33.2 Å². The minimum Gasteiger partial charge on any atom is -0.481 e. The predicted octanol–water partition coefficient (Wildman–Crippen LogP) is 0.805. The molecule has 2 amide bonds. The summed E-state index contributed by atoms with van der Waals surface area (Å²) in [5.74, 6) is -1.45. The van der Waals surface area contributed by atoms with Gasteiger partial charge in [-0.3, -0.25) is 4.79 Å². The smallest absolute Gasteiger partial charge is 0.315 e. The summed E-state index contributed by atoms with van der Waals surface area (Å²) < 4.78 is 0. The average Bonchev–Trinajstić information content (AvgIpc) is 2.69. The molecule has 1 fully saturated rings. The molecule has 2 unspecified atom stereocenters. The maximum absolute atomic E-state index is 11.3. The van der Waals surface area contributed by atoms with Gasteiger partial charge in [-0.1, -0.05) is 20.8 Å². The van der Waals surface area contributed by atoms with Crippen LogP contribution in [0.2, 0.25) is 0 Å². The van der Waals surface area contributed by atoms with Gasteiger partial charge in [-0.05, 0) is 11.8 Å². The highest BCUT2D eigenvalue weighted by atomic mass is 16.4. The highest BCUT2D eigenvalue weighted by molar-refractivity contribution is 5.76. The molecule has 0 saturated heterocycles. The van der Waals surface area contributed by atoms with Crippen LogP contribution in [-0.2, 0) is 4.79 Å². The Morgan fingerprint density at radius 1 is 1.53 bits per heavy atom. The molecule has 0 spiro atoms. The lowest BCUT2D eigenvalue weighted by molar-refractivity contribution is -0.140. The van der Waals surface area contributed by atoms with Gasteiger partial charge in [0, 0.05) is 12.6 Å². The molecule has 0 aliphatic heterocycles. The maximum atomic E-state index is 11.3. The van der Waals surface area contributed by atoms with Crippen LogP contribution in [0.3, 0.4) is 0 Å². The molecule has 2 atom stereocenters. The Morgan fingerprint density at radius 3 is 2.47 bits per heavy atom. The molecule has 5 nitrogen and oxygen atoms in total. The molecule has 0 bridgehead atoms. The second kappa shape index (κ2) is 4.08. The lowest BCUT2D eigenvalue weighted by Crippen LogP contribution is -2.41. The highest BCUT2D eigenvalue weighted by Crippen LogP contribution is 2.44. The number of carboxylic acid groups (broad SMARTS) is 1. The van der Waals surface area contributed by atoms with Crippen LogP contribution in [0.15, 0.2) is 0 Å². The first-order valence-electron chi connectivity index (χ1n) is 5.10. The summed E-state index contributed by atoms with van der Waals surface area (Å²) in [5.41, 5.74) is 0.190. The third-order valence-corrected chi connectivity index (χ3v) is 2.81. The monoisotopic (exact) mass is 214 g/mol. The van der Waals surface area contributed by atoms with Crippen LogP contribution in [0.4, 0.5) is 4.79 Å². The van der Waals surface area contributed by atoms with Crippen molar-refractivity contribution in [1.29, 1.82) is 0 Å². The second-order valence-corrected chi connectivity index (χ2v) is 4.84. The van der Waals surface area contributed by atoms with E-state index in [0.717, 1.165) is 6.42 Å². The molecule has 0 radical (unpaired) electrons. The first-order chi connectivity index (χ1) is 6.83. The van der Waals surface area contributed by atoms with Crippen LogP contribution >= 0.6 is 0 Å². The van der Waals surface area contributed by atoms with E-state index in [1.54, 1.807) is 6.92 Å². The van der Waals surface area contributed by atoms with Crippen molar-refractivity contribution in [3.63, 3.8) is 0 Å². The first-order valence-corrected chi connectivity index (χ1v) is 5.10. The van der Waals surface area contributed by atoms with Gasteiger partial charge in [0.2, 0.25) is 0 Å². The Bertz CT molecular complexity index is 276. The molecule has 1 rings (SSSR count). The molecule has 1 aliphatic rings. The summed E-state index contributed by atoms with van der Waals surface area (Å²) >= 11 is 0. The van der Waals surface area contributed by atoms with Crippen molar-refractivity contribution < 1.29 is 14.7 Å². The molecule has 5 heteroatoms. The standard InChI is InChI=1S/C10H18N2O3/c1-6(8(13)14)5-11-9(15)12-7-4-10(7,2)3/h6-7H,4-5H2,1-3H3,(H,13,14)(H2,11,12,15). The van der Waals surface area contributed by atoms with Gasteiger partial charge in [0.05, 0.1) is 5.92 Å². The number of carboxylic acids is 1. The fourth-order valence-corrected chi connectivity index (χ4v) is 1.26. The molecule has 1 aliphatic carbocycles. The van der Waals surface area contributed by atoms with Gasteiger partial charge in [0.1, 0.15) is 0 Å². The summed E-state index contributed by atoms with van der Waals surface area (Å²) in [4.78, 5) is 21.8.